The molecule has 0 spiro atoms. The molecule has 9 nitrogen and oxygen atoms in total. The monoisotopic (exact) mass is 943 g/mol. The van der Waals surface area contributed by atoms with Crippen molar-refractivity contribution in [2.75, 3.05) is 40.9 Å². The summed E-state index contributed by atoms with van der Waals surface area (Å²) in [4.78, 5) is 39.6. The van der Waals surface area contributed by atoms with Crippen LogP contribution < -0.4 is 10.2 Å². The van der Waals surface area contributed by atoms with E-state index in [1.165, 1.54) is 64.2 Å². The zero-order valence-electron chi connectivity index (χ0n) is 43.1. The molecule has 0 rings (SSSR count). The van der Waals surface area contributed by atoms with Crippen molar-refractivity contribution < 1.29 is 37.3 Å². The summed E-state index contributed by atoms with van der Waals surface area (Å²) in [5.74, 6) is -0.628. The van der Waals surface area contributed by atoms with Crippen LogP contribution in [0, 0.1) is 0 Å². The first-order valence-corrected chi connectivity index (χ1v) is 27.9. The highest BCUT2D eigenvalue weighted by atomic mass is 31.2. The molecule has 3 unspecified atom stereocenters. The lowest BCUT2D eigenvalue weighted by atomic mass is 10.1. The average Bonchev–Trinajstić information content (AvgIpc) is 3.27. The number of amides is 1. The molecule has 1 amide bonds. The van der Waals surface area contributed by atoms with Gasteiger partial charge in [0.15, 0.2) is 0 Å². The van der Waals surface area contributed by atoms with Crippen LogP contribution in [0.2, 0.25) is 0 Å². The maximum Gasteiger partial charge on any atom is 0.306 e. The van der Waals surface area contributed by atoms with Crippen LogP contribution in [0.25, 0.3) is 0 Å². The molecular formula is C56H99N2O7P. The molecule has 10 heteroatoms. The number of carbonyl (C=O) groups is 2. The molecule has 3 atom stereocenters. The molecule has 0 aromatic heterocycles. The lowest BCUT2D eigenvalue weighted by molar-refractivity contribution is -0.870. The molecule has 0 saturated carbocycles. The van der Waals surface area contributed by atoms with Crippen molar-refractivity contribution in [3.63, 3.8) is 0 Å². The van der Waals surface area contributed by atoms with Gasteiger partial charge >= 0.3 is 5.97 Å². The van der Waals surface area contributed by atoms with Crippen LogP contribution in [0.15, 0.2) is 85.1 Å². The van der Waals surface area contributed by atoms with Crippen molar-refractivity contribution in [2.45, 2.75) is 219 Å². The number of phosphoric acid groups is 1. The van der Waals surface area contributed by atoms with Crippen LogP contribution in [0.5, 0.6) is 0 Å². The summed E-state index contributed by atoms with van der Waals surface area (Å²) in [6.07, 6.45) is 58.4. The van der Waals surface area contributed by atoms with Crippen LogP contribution in [-0.4, -0.2) is 69.4 Å². The van der Waals surface area contributed by atoms with E-state index in [2.05, 4.69) is 99.0 Å². The minimum Gasteiger partial charge on any atom is -0.756 e. The summed E-state index contributed by atoms with van der Waals surface area (Å²) in [6, 6.07) is -0.922. The molecule has 0 heterocycles. The molecule has 0 aromatic rings. The fourth-order valence-corrected chi connectivity index (χ4v) is 7.67. The van der Waals surface area contributed by atoms with Gasteiger partial charge in [0.25, 0.3) is 7.82 Å². The highest BCUT2D eigenvalue weighted by Gasteiger charge is 2.27. The molecule has 0 fully saturated rings. The first-order chi connectivity index (χ1) is 31.9. The third-order valence-corrected chi connectivity index (χ3v) is 12.0. The molecule has 0 bridgehead atoms. The minimum atomic E-state index is -4.71. The van der Waals surface area contributed by atoms with E-state index in [1.807, 2.05) is 27.2 Å². The van der Waals surface area contributed by atoms with E-state index in [9.17, 15) is 19.0 Å². The Morgan fingerprint density at radius 2 is 1.00 bits per heavy atom. The number of allylic oxidation sites excluding steroid dienone is 13. The summed E-state index contributed by atoms with van der Waals surface area (Å²) < 4.78 is 30.1. The van der Waals surface area contributed by atoms with Crippen molar-refractivity contribution in [1.82, 2.24) is 5.32 Å². The third kappa shape index (κ3) is 46.3. The summed E-state index contributed by atoms with van der Waals surface area (Å²) in [6.45, 7) is 6.61. The van der Waals surface area contributed by atoms with Crippen molar-refractivity contribution in [2.24, 2.45) is 0 Å². The van der Waals surface area contributed by atoms with Gasteiger partial charge in [-0.3, -0.25) is 14.2 Å². The van der Waals surface area contributed by atoms with Crippen LogP contribution in [0.1, 0.15) is 207 Å². The number of quaternary nitrogens is 1. The van der Waals surface area contributed by atoms with E-state index in [0.29, 0.717) is 23.9 Å². The summed E-state index contributed by atoms with van der Waals surface area (Å²) >= 11 is 0. The standard InChI is InChI=1S/C56H99N2O7P/c1-7-10-13-16-19-22-25-27-28-29-30-31-34-36-39-42-45-48-55(59)57-53(52-64-66(61,62)63-51-50-58(4,5)6)54(47-44-41-38-35-33-26-23-20-17-14-11-8-2)65-56(60)49-46-43-40-37-32-24-21-18-15-12-9-3/h10,13,18-19,21-22,27-28,30-31,36,39,44,47,53-54H,7-9,11-12,14-17,20,23-26,29,32-35,37-38,40-43,45-46,48-52H2,1-6H3,(H-,57,59,61,62)/b13-10-,21-18-,22-19-,28-27-,31-30-,39-36-,47-44-. The summed E-state index contributed by atoms with van der Waals surface area (Å²) in [5.41, 5.74) is 0. The molecule has 0 aliphatic heterocycles. The number of nitrogens with one attached hydrogen (secondary N) is 1. The van der Waals surface area contributed by atoms with Crippen molar-refractivity contribution in [3.8, 4) is 0 Å². The topological polar surface area (TPSA) is 114 Å². The van der Waals surface area contributed by atoms with Gasteiger partial charge in [0.2, 0.25) is 5.91 Å². The second kappa shape index (κ2) is 45.9. The number of hydrogen-bond acceptors (Lipinski definition) is 7. The number of esters is 1. The van der Waals surface area contributed by atoms with Crippen LogP contribution in [0.4, 0.5) is 0 Å². The van der Waals surface area contributed by atoms with E-state index in [1.54, 1.807) is 6.08 Å². The molecule has 1 N–H and O–H groups in total. The van der Waals surface area contributed by atoms with Gasteiger partial charge in [-0.2, -0.15) is 0 Å². The molecular weight excluding hydrogens is 844 g/mol. The normalized spacial score (nSPS) is 14.6. The van der Waals surface area contributed by atoms with Crippen molar-refractivity contribution >= 4 is 19.7 Å². The van der Waals surface area contributed by atoms with Gasteiger partial charge in [-0.15, -0.1) is 0 Å². The van der Waals surface area contributed by atoms with Gasteiger partial charge in [-0.1, -0.05) is 190 Å². The van der Waals surface area contributed by atoms with Crippen LogP contribution in [-0.2, 0) is 27.9 Å². The van der Waals surface area contributed by atoms with Crippen molar-refractivity contribution in [3.05, 3.63) is 85.1 Å². The fraction of sp³-hybridized carbons (Fsp3) is 0.714. The highest BCUT2D eigenvalue weighted by Crippen LogP contribution is 2.38. The molecule has 66 heavy (non-hydrogen) atoms. The quantitative estimate of drug-likeness (QED) is 0.0212. The number of nitrogens with zero attached hydrogens (tertiary/aromatic N) is 1. The molecule has 0 aliphatic rings. The number of hydrogen-bond donors (Lipinski definition) is 1. The second-order valence-corrected chi connectivity index (χ2v) is 20.0. The number of carbonyl (C=O) groups excluding carboxylic acids is 2. The average molecular weight is 943 g/mol. The van der Waals surface area contributed by atoms with E-state index < -0.39 is 26.6 Å². The number of ether oxygens (including phenoxy) is 1. The van der Waals surface area contributed by atoms with Crippen LogP contribution >= 0.6 is 7.82 Å². The number of phosphoric ester groups is 1. The smallest absolute Gasteiger partial charge is 0.306 e. The maximum atomic E-state index is 13.4. The Bertz CT molecular complexity index is 1410. The number of unbranched alkanes of at least 4 members (excludes halogenated alkanes) is 18. The maximum absolute atomic E-state index is 13.4. The zero-order chi connectivity index (χ0) is 48.7. The Kier molecular flexibility index (Phi) is 44.0. The first kappa shape index (κ1) is 63.2. The van der Waals surface area contributed by atoms with E-state index in [4.69, 9.17) is 13.8 Å². The predicted octanol–water partition coefficient (Wildman–Crippen LogP) is 14.9. The Balaban J connectivity index is 5.52. The Hall–Kier alpha value is -2.81. The molecule has 380 valence electrons. The predicted molar refractivity (Wildman–Crippen MR) is 279 cm³/mol. The molecule has 0 saturated heterocycles. The van der Waals surface area contributed by atoms with E-state index in [-0.39, 0.29) is 31.3 Å². The van der Waals surface area contributed by atoms with Gasteiger partial charge in [0, 0.05) is 12.8 Å². The Labute approximate surface area is 406 Å². The SMILES string of the molecule is CC/C=C\C/C=C\C/C=C\C/C=C\C/C=C\CCCC(=O)NC(COP(=O)([O-])OCC[N+](C)(C)C)C(/C=C\CCCCCCCCCCCC)OC(=O)CCCCCCC/C=C\CCCC. The summed E-state index contributed by atoms with van der Waals surface area (Å²) in [5, 5.41) is 2.97. The second-order valence-electron chi connectivity index (χ2n) is 18.6. The number of likely N-dealkylation sites (N-methyl/N-ethyl adjacent to an activating group) is 1. The lowest BCUT2D eigenvalue weighted by Crippen LogP contribution is -2.47. The van der Waals surface area contributed by atoms with E-state index >= 15 is 0 Å². The summed E-state index contributed by atoms with van der Waals surface area (Å²) in [7, 11) is 1.13. The largest absolute Gasteiger partial charge is 0.756 e. The molecule has 0 aromatic carbocycles. The van der Waals surface area contributed by atoms with Gasteiger partial charge in [-0.05, 0) is 89.5 Å². The zero-order valence-corrected chi connectivity index (χ0v) is 44.0. The third-order valence-electron chi connectivity index (χ3n) is 11.1. The van der Waals surface area contributed by atoms with Gasteiger partial charge < -0.3 is 28.5 Å². The van der Waals surface area contributed by atoms with Gasteiger partial charge in [0.05, 0.1) is 33.8 Å². The number of rotatable bonds is 46. The lowest BCUT2D eigenvalue weighted by Gasteiger charge is -2.30. The molecule has 0 aliphatic carbocycles. The van der Waals surface area contributed by atoms with Gasteiger partial charge in [-0.25, -0.2) is 0 Å². The first-order valence-electron chi connectivity index (χ1n) is 26.4. The molecule has 0 radical (unpaired) electrons. The Morgan fingerprint density at radius 3 is 1.55 bits per heavy atom. The highest BCUT2D eigenvalue weighted by molar-refractivity contribution is 7.45. The fourth-order valence-electron chi connectivity index (χ4n) is 6.95. The minimum absolute atomic E-state index is 0.0378. The van der Waals surface area contributed by atoms with E-state index in [0.717, 1.165) is 96.3 Å². The van der Waals surface area contributed by atoms with Gasteiger partial charge in [0.1, 0.15) is 19.3 Å². The van der Waals surface area contributed by atoms with Crippen LogP contribution in [0.3, 0.4) is 0 Å². The van der Waals surface area contributed by atoms with Crippen molar-refractivity contribution in [1.29, 1.82) is 0 Å². The Morgan fingerprint density at radius 1 is 0.545 bits per heavy atom.